The third kappa shape index (κ3) is 3.96. The van der Waals surface area contributed by atoms with E-state index >= 15 is 0 Å². The fraction of sp³-hybridized carbons (Fsp3) is 0.211. The molecule has 0 aliphatic carbocycles. The largest absolute Gasteiger partial charge is 0.374 e. The van der Waals surface area contributed by atoms with Gasteiger partial charge >= 0.3 is 0 Å². The zero-order valence-electron chi connectivity index (χ0n) is 15.4. The number of nitrogens with zero attached hydrogens (tertiary/aromatic N) is 1. The van der Waals surface area contributed by atoms with Gasteiger partial charge in [-0.05, 0) is 37.6 Å². The molecule has 0 saturated heterocycles. The highest BCUT2D eigenvalue weighted by Gasteiger charge is 2.31. The summed E-state index contributed by atoms with van der Waals surface area (Å²) in [5.74, 6) is 0. The average molecular weight is 437 g/mol. The maximum absolute atomic E-state index is 13.1. The van der Waals surface area contributed by atoms with E-state index in [1.807, 2.05) is 13.8 Å². The highest BCUT2D eigenvalue weighted by Crippen LogP contribution is 2.36. The Morgan fingerprint density at radius 3 is 2.11 bits per heavy atom. The van der Waals surface area contributed by atoms with Crippen molar-refractivity contribution < 1.29 is 16.8 Å². The summed E-state index contributed by atoms with van der Waals surface area (Å²) in [6.07, 6.45) is 0.753. The Morgan fingerprint density at radius 1 is 0.893 bits per heavy atom. The molecule has 0 amide bonds. The summed E-state index contributed by atoms with van der Waals surface area (Å²) in [6, 6.07) is 14.2. The third-order valence-corrected chi connectivity index (χ3v) is 8.97. The van der Waals surface area contributed by atoms with Gasteiger partial charge in [0.2, 0.25) is 24.0 Å². The number of thiazole rings is 1. The first-order valence-electron chi connectivity index (χ1n) is 8.63. The van der Waals surface area contributed by atoms with Crippen LogP contribution in [0.25, 0.3) is 0 Å². The molecule has 1 N–H and O–H groups in total. The molecule has 0 aliphatic heterocycles. The topological polar surface area (TPSA) is 93.2 Å². The van der Waals surface area contributed by atoms with E-state index in [2.05, 4.69) is 10.3 Å². The minimum atomic E-state index is -3.97. The molecule has 0 bridgehead atoms. The Hall–Kier alpha value is -2.23. The first-order chi connectivity index (χ1) is 13.3. The van der Waals surface area contributed by atoms with Crippen LogP contribution in [0.4, 0.5) is 5.00 Å². The average Bonchev–Trinajstić information content (AvgIpc) is 3.13. The minimum Gasteiger partial charge on any atom is -0.374 e. The first-order valence-corrected chi connectivity index (χ1v) is 12.4. The lowest BCUT2D eigenvalue weighted by molar-refractivity contribution is 0.589. The van der Waals surface area contributed by atoms with Gasteiger partial charge in [0, 0.05) is 6.54 Å². The van der Waals surface area contributed by atoms with Crippen molar-refractivity contribution in [1.29, 1.82) is 0 Å². The Labute approximate surface area is 169 Å². The molecule has 2 aromatic carbocycles. The molecule has 148 valence electrons. The quantitative estimate of drug-likeness (QED) is 0.603. The fourth-order valence-electron chi connectivity index (χ4n) is 2.46. The summed E-state index contributed by atoms with van der Waals surface area (Å²) >= 11 is 0.837. The number of sulfone groups is 2. The number of aryl methyl sites for hydroxylation is 1. The van der Waals surface area contributed by atoms with Gasteiger partial charge in [0.05, 0.1) is 9.79 Å². The standard InChI is InChI=1S/C19H20N2O4S3/c1-3-13-20-17-18(27(22,23)16-11-9-14(2)10-12-16)21-19(26-17)28(24,25)15-7-5-4-6-8-15/h4-12,20H,3,13H2,1-2H3. The lowest BCUT2D eigenvalue weighted by atomic mass is 10.2. The van der Waals surface area contributed by atoms with Gasteiger partial charge in [-0.3, -0.25) is 0 Å². The van der Waals surface area contributed by atoms with E-state index in [4.69, 9.17) is 0 Å². The van der Waals surface area contributed by atoms with Crippen LogP contribution in [0.2, 0.25) is 0 Å². The van der Waals surface area contributed by atoms with Crippen LogP contribution in [0, 0.1) is 6.92 Å². The van der Waals surface area contributed by atoms with Crippen molar-refractivity contribution in [1.82, 2.24) is 4.98 Å². The monoisotopic (exact) mass is 436 g/mol. The third-order valence-electron chi connectivity index (χ3n) is 3.98. The number of aromatic nitrogens is 1. The van der Waals surface area contributed by atoms with Crippen molar-refractivity contribution in [2.24, 2.45) is 0 Å². The molecule has 3 rings (SSSR count). The van der Waals surface area contributed by atoms with Gasteiger partial charge in [-0.1, -0.05) is 54.2 Å². The van der Waals surface area contributed by atoms with E-state index in [9.17, 15) is 16.8 Å². The van der Waals surface area contributed by atoms with Crippen molar-refractivity contribution in [2.45, 2.75) is 39.4 Å². The molecule has 1 aromatic heterocycles. The Balaban J connectivity index is 2.14. The summed E-state index contributed by atoms with van der Waals surface area (Å²) in [4.78, 5) is 4.21. The molecule has 0 radical (unpaired) electrons. The zero-order chi connectivity index (χ0) is 20.4. The van der Waals surface area contributed by atoms with Crippen LogP contribution in [0.15, 0.2) is 73.8 Å². The second-order valence-electron chi connectivity index (χ2n) is 6.17. The highest BCUT2D eigenvalue weighted by atomic mass is 32.2. The number of nitrogens with one attached hydrogen (secondary N) is 1. The SMILES string of the molecule is CCCNc1sc(S(=O)(=O)c2ccccc2)nc1S(=O)(=O)c1ccc(C)cc1. The molecule has 9 heteroatoms. The van der Waals surface area contributed by atoms with Crippen LogP contribution >= 0.6 is 11.3 Å². The maximum atomic E-state index is 13.1. The molecule has 0 spiro atoms. The predicted molar refractivity (Wildman–Crippen MR) is 109 cm³/mol. The lowest BCUT2D eigenvalue weighted by Crippen LogP contribution is -2.08. The Morgan fingerprint density at radius 2 is 1.50 bits per heavy atom. The normalized spacial score (nSPS) is 12.1. The molecule has 0 atom stereocenters. The summed E-state index contributed by atoms with van der Waals surface area (Å²) < 4.78 is 51.8. The van der Waals surface area contributed by atoms with Crippen LogP contribution in [-0.2, 0) is 19.7 Å². The van der Waals surface area contributed by atoms with E-state index in [-0.39, 0.29) is 24.2 Å². The summed E-state index contributed by atoms with van der Waals surface area (Å²) in [6.45, 7) is 4.30. The molecule has 0 saturated carbocycles. The van der Waals surface area contributed by atoms with E-state index in [1.165, 1.54) is 24.3 Å². The summed E-state index contributed by atoms with van der Waals surface area (Å²) in [7, 11) is -7.88. The first kappa shape index (κ1) is 20.5. The van der Waals surface area contributed by atoms with Crippen LogP contribution in [0.1, 0.15) is 18.9 Å². The molecule has 1 heterocycles. The predicted octanol–water partition coefficient (Wildman–Crippen LogP) is 3.94. The van der Waals surface area contributed by atoms with Gasteiger partial charge < -0.3 is 5.32 Å². The van der Waals surface area contributed by atoms with Crippen molar-refractivity contribution in [3.63, 3.8) is 0 Å². The lowest BCUT2D eigenvalue weighted by Gasteiger charge is -2.06. The molecule has 6 nitrogen and oxygen atoms in total. The van der Waals surface area contributed by atoms with Crippen molar-refractivity contribution in [3.8, 4) is 0 Å². The van der Waals surface area contributed by atoms with Gasteiger partial charge in [0.1, 0.15) is 5.00 Å². The van der Waals surface area contributed by atoms with Crippen molar-refractivity contribution >= 4 is 36.0 Å². The Bertz CT molecular complexity index is 1170. The van der Waals surface area contributed by atoms with Gasteiger partial charge in [0.15, 0.2) is 5.03 Å². The summed E-state index contributed by atoms with van der Waals surface area (Å²) in [5.41, 5.74) is 0.925. The molecule has 3 aromatic rings. The van der Waals surface area contributed by atoms with Gasteiger partial charge in [0.25, 0.3) is 0 Å². The number of rotatable bonds is 7. The van der Waals surface area contributed by atoms with E-state index in [1.54, 1.807) is 30.3 Å². The van der Waals surface area contributed by atoms with Gasteiger partial charge in [-0.15, -0.1) is 0 Å². The van der Waals surface area contributed by atoms with Crippen molar-refractivity contribution in [3.05, 3.63) is 60.2 Å². The fourth-order valence-corrected chi connectivity index (χ4v) is 6.80. The van der Waals surface area contributed by atoms with Crippen LogP contribution in [-0.4, -0.2) is 28.4 Å². The van der Waals surface area contributed by atoms with Crippen LogP contribution < -0.4 is 5.32 Å². The second-order valence-corrected chi connectivity index (χ2v) is 11.2. The van der Waals surface area contributed by atoms with E-state index in [0.717, 1.165) is 23.3 Å². The van der Waals surface area contributed by atoms with Gasteiger partial charge in [-0.25, -0.2) is 21.8 Å². The van der Waals surface area contributed by atoms with E-state index in [0.29, 0.717) is 6.54 Å². The molecule has 0 fully saturated rings. The van der Waals surface area contributed by atoms with Gasteiger partial charge in [-0.2, -0.15) is 0 Å². The second kappa shape index (κ2) is 8.02. The smallest absolute Gasteiger partial charge is 0.233 e. The van der Waals surface area contributed by atoms with Crippen LogP contribution in [0.3, 0.4) is 0 Å². The molecule has 28 heavy (non-hydrogen) atoms. The zero-order valence-corrected chi connectivity index (χ0v) is 17.9. The number of anilines is 1. The number of benzene rings is 2. The maximum Gasteiger partial charge on any atom is 0.233 e. The minimum absolute atomic E-state index is 0.0741. The number of hydrogen-bond donors (Lipinski definition) is 1. The van der Waals surface area contributed by atoms with Crippen LogP contribution in [0.5, 0.6) is 0 Å². The molecular weight excluding hydrogens is 416 g/mol. The van der Waals surface area contributed by atoms with Crippen molar-refractivity contribution in [2.75, 3.05) is 11.9 Å². The molecular formula is C19H20N2O4S3. The Kier molecular flexibility index (Phi) is 5.87. The number of hydrogen-bond acceptors (Lipinski definition) is 7. The summed E-state index contributed by atoms with van der Waals surface area (Å²) in [5, 5.41) is 2.98. The highest BCUT2D eigenvalue weighted by molar-refractivity contribution is 7.94. The van der Waals surface area contributed by atoms with E-state index < -0.39 is 19.7 Å². The molecule has 0 unspecified atom stereocenters. The molecule has 0 aliphatic rings.